The minimum absolute atomic E-state index is 0.172. The second-order valence-corrected chi connectivity index (χ2v) is 5.15. The van der Waals surface area contributed by atoms with Gasteiger partial charge in [-0.05, 0) is 42.8 Å². The Morgan fingerprint density at radius 3 is 2.61 bits per heavy atom. The van der Waals surface area contributed by atoms with E-state index in [1.54, 1.807) is 37.6 Å². The molecule has 0 unspecified atom stereocenters. The zero-order chi connectivity index (χ0) is 16.2. The van der Waals surface area contributed by atoms with Gasteiger partial charge in [0.25, 0.3) is 5.91 Å². The summed E-state index contributed by atoms with van der Waals surface area (Å²) in [6, 6.07) is 14.7. The van der Waals surface area contributed by atoms with Gasteiger partial charge in [0.05, 0.1) is 19.0 Å². The van der Waals surface area contributed by atoms with Crippen molar-refractivity contribution in [3.05, 3.63) is 66.1 Å². The van der Waals surface area contributed by atoms with E-state index in [2.05, 4.69) is 15.3 Å². The quantitative estimate of drug-likeness (QED) is 0.773. The zero-order valence-electron chi connectivity index (χ0n) is 13.0. The number of anilines is 1. The summed E-state index contributed by atoms with van der Waals surface area (Å²) in [6.07, 6.45) is 1.79. The third-order valence-electron chi connectivity index (χ3n) is 3.49. The monoisotopic (exact) mass is 307 g/mol. The molecule has 0 atom stereocenters. The molecule has 23 heavy (non-hydrogen) atoms. The molecule has 0 radical (unpaired) electrons. The smallest absolute Gasteiger partial charge is 0.255 e. The maximum absolute atomic E-state index is 12.3. The number of carbonyl (C=O) groups excluding carboxylic acids is 1. The van der Waals surface area contributed by atoms with Crippen LogP contribution in [0.15, 0.2) is 54.7 Å². The Hall–Kier alpha value is -3.08. The molecule has 0 fully saturated rings. The number of aryl methyl sites for hydroxylation is 1. The van der Waals surface area contributed by atoms with Crippen LogP contribution in [0.25, 0.3) is 11.3 Å². The molecule has 0 aliphatic carbocycles. The summed E-state index contributed by atoms with van der Waals surface area (Å²) in [5, 5.41) is 2.87. The number of hydrogen-bond acceptors (Lipinski definition) is 3. The summed E-state index contributed by atoms with van der Waals surface area (Å²) < 4.78 is 5.13. The fraction of sp³-hybridized carbons (Fsp3) is 0.111. The van der Waals surface area contributed by atoms with Gasteiger partial charge in [0, 0.05) is 11.3 Å². The first-order valence-electron chi connectivity index (χ1n) is 7.23. The highest BCUT2D eigenvalue weighted by Gasteiger charge is 2.07. The number of hydrogen-bond donors (Lipinski definition) is 2. The highest BCUT2D eigenvalue weighted by molar-refractivity contribution is 6.04. The average molecular weight is 307 g/mol. The van der Waals surface area contributed by atoms with Crippen LogP contribution in [-0.2, 0) is 0 Å². The molecule has 2 aromatic carbocycles. The number of nitrogens with zero attached hydrogens (tertiary/aromatic N) is 1. The van der Waals surface area contributed by atoms with Gasteiger partial charge >= 0.3 is 0 Å². The molecule has 0 aliphatic rings. The molecular weight excluding hydrogens is 290 g/mol. The van der Waals surface area contributed by atoms with E-state index in [1.807, 2.05) is 31.2 Å². The van der Waals surface area contributed by atoms with Crippen LogP contribution in [-0.4, -0.2) is 23.0 Å². The number of benzene rings is 2. The molecule has 0 spiro atoms. The number of methoxy groups -OCH3 is 1. The fourth-order valence-corrected chi connectivity index (χ4v) is 2.27. The molecule has 3 aromatic rings. The van der Waals surface area contributed by atoms with Crippen LogP contribution in [0.4, 0.5) is 5.69 Å². The molecule has 5 nitrogen and oxygen atoms in total. The van der Waals surface area contributed by atoms with E-state index in [1.165, 1.54) is 0 Å². The van der Waals surface area contributed by atoms with Crippen molar-refractivity contribution in [2.24, 2.45) is 0 Å². The topological polar surface area (TPSA) is 67.0 Å². The largest absolute Gasteiger partial charge is 0.497 e. The van der Waals surface area contributed by atoms with E-state index in [9.17, 15) is 4.79 Å². The molecule has 116 valence electrons. The van der Waals surface area contributed by atoms with Crippen LogP contribution < -0.4 is 10.1 Å². The van der Waals surface area contributed by atoms with E-state index in [-0.39, 0.29) is 5.91 Å². The third kappa shape index (κ3) is 3.40. The van der Waals surface area contributed by atoms with Gasteiger partial charge in [-0.25, -0.2) is 4.98 Å². The molecule has 5 heteroatoms. The third-order valence-corrected chi connectivity index (χ3v) is 3.49. The number of aromatic amines is 1. The molecule has 1 amide bonds. The van der Waals surface area contributed by atoms with E-state index in [4.69, 9.17) is 4.74 Å². The number of H-pyrrole nitrogens is 1. The zero-order valence-corrected chi connectivity index (χ0v) is 13.0. The second kappa shape index (κ2) is 6.36. The van der Waals surface area contributed by atoms with Crippen LogP contribution in [0.3, 0.4) is 0 Å². The minimum atomic E-state index is -0.172. The maximum atomic E-state index is 12.3. The lowest BCUT2D eigenvalue weighted by Crippen LogP contribution is -2.11. The summed E-state index contributed by atoms with van der Waals surface area (Å²) in [4.78, 5) is 19.6. The predicted molar refractivity (Wildman–Crippen MR) is 89.7 cm³/mol. The number of aromatic nitrogens is 2. The standard InChI is InChI=1S/C18H17N3O2/c1-12-19-11-17(20-12)13-6-8-15(9-7-13)21-18(22)14-4-3-5-16(10-14)23-2/h3-11H,1-2H3,(H,19,20)(H,21,22). The van der Waals surface area contributed by atoms with Crippen molar-refractivity contribution in [3.63, 3.8) is 0 Å². The molecule has 0 aliphatic heterocycles. The van der Waals surface area contributed by atoms with E-state index >= 15 is 0 Å². The van der Waals surface area contributed by atoms with E-state index < -0.39 is 0 Å². The van der Waals surface area contributed by atoms with Crippen molar-refractivity contribution < 1.29 is 9.53 Å². The first-order valence-corrected chi connectivity index (χ1v) is 7.23. The molecule has 0 bridgehead atoms. The van der Waals surface area contributed by atoms with Gasteiger partial charge in [0.2, 0.25) is 0 Å². The van der Waals surface area contributed by atoms with Crippen LogP contribution >= 0.6 is 0 Å². The highest BCUT2D eigenvalue weighted by atomic mass is 16.5. The Morgan fingerprint density at radius 2 is 1.96 bits per heavy atom. The van der Waals surface area contributed by atoms with Crippen molar-refractivity contribution in [3.8, 4) is 17.0 Å². The summed E-state index contributed by atoms with van der Waals surface area (Å²) in [5.41, 5.74) is 3.26. The highest BCUT2D eigenvalue weighted by Crippen LogP contribution is 2.20. The van der Waals surface area contributed by atoms with Crippen LogP contribution in [0.5, 0.6) is 5.75 Å². The Morgan fingerprint density at radius 1 is 1.17 bits per heavy atom. The number of nitrogens with one attached hydrogen (secondary N) is 2. The van der Waals surface area contributed by atoms with Gasteiger partial charge in [0.1, 0.15) is 11.6 Å². The fourth-order valence-electron chi connectivity index (χ4n) is 2.27. The Labute approximate surface area is 134 Å². The predicted octanol–water partition coefficient (Wildman–Crippen LogP) is 3.65. The Balaban J connectivity index is 1.73. The van der Waals surface area contributed by atoms with Gasteiger partial charge in [-0.3, -0.25) is 4.79 Å². The second-order valence-electron chi connectivity index (χ2n) is 5.15. The van der Waals surface area contributed by atoms with Crippen molar-refractivity contribution in [2.75, 3.05) is 12.4 Å². The molecule has 1 heterocycles. The number of imidazole rings is 1. The van der Waals surface area contributed by atoms with E-state index in [0.29, 0.717) is 11.3 Å². The lowest BCUT2D eigenvalue weighted by molar-refractivity contribution is 0.102. The lowest BCUT2D eigenvalue weighted by Gasteiger charge is -2.07. The first kappa shape index (κ1) is 14.8. The van der Waals surface area contributed by atoms with E-state index in [0.717, 1.165) is 22.8 Å². The van der Waals surface area contributed by atoms with Gasteiger partial charge in [-0.2, -0.15) is 0 Å². The first-order chi connectivity index (χ1) is 11.2. The molecule has 0 saturated heterocycles. The van der Waals surface area contributed by atoms with Gasteiger partial charge in [-0.1, -0.05) is 18.2 Å². The lowest BCUT2D eigenvalue weighted by atomic mass is 10.1. The summed E-state index contributed by atoms with van der Waals surface area (Å²) in [5.74, 6) is 1.35. The van der Waals surface area contributed by atoms with Crippen molar-refractivity contribution in [1.82, 2.24) is 9.97 Å². The summed E-state index contributed by atoms with van der Waals surface area (Å²) >= 11 is 0. The van der Waals surface area contributed by atoms with Crippen molar-refractivity contribution in [2.45, 2.75) is 6.92 Å². The van der Waals surface area contributed by atoms with Crippen molar-refractivity contribution in [1.29, 1.82) is 0 Å². The summed E-state index contributed by atoms with van der Waals surface area (Å²) in [7, 11) is 1.58. The average Bonchev–Trinajstić information content (AvgIpc) is 3.02. The van der Waals surface area contributed by atoms with Gasteiger partial charge < -0.3 is 15.0 Å². The maximum Gasteiger partial charge on any atom is 0.255 e. The van der Waals surface area contributed by atoms with Crippen molar-refractivity contribution >= 4 is 11.6 Å². The molecule has 2 N–H and O–H groups in total. The molecule has 0 saturated carbocycles. The molecular formula is C18H17N3O2. The minimum Gasteiger partial charge on any atom is -0.497 e. The molecule has 1 aromatic heterocycles. The Bertz CT molecular complexity index is 822. The number of carbonyl (C=O) groups is 1. The van der Waals surface area contributed by atoms with Crippen LogP contribution in [0, 0.1) is 6.92 Å². The number of ether oxygens (including phenoxy) is 1. The van der Waals surface area contributed by atoms with Gasteiger partial charge in [0.15, 0.2) is 0 Å². The number of amides is 1. The summed E-state index contributed by atoms with van der Waals surface area (Å²) in [6.45, 7) is 1.91. The van der Waals surface area contributed by atoms with Crippen LogP contribution in [0.2, 0.25) is 0 Å². The Kier molecular flexibility index (Phi) is 4.10. The molecule has 3 rings (SSSR count). The van der Waals surface area contributed by atoms with Gasteiger partial charge in [-0.15, -0.1) is 0 Å². The SMILES string of the molecule is COc1cccc(C(=O)Nc2ccc(-c3cnc(C)[nH]3)cc2)c1. The number of rotatable bonds is 4. The normalized spacial score (nSPS) is 10.3. The van der Waals surface area contributed by atoms with Crippen LogP contribution in [0.1, 0.15) is 16.2 Å².